The third-order valence-electron chi connectivity index (χ3n) is 2.48. The molecule has 0 N–H and O–H groups in total. The van der Waals surface area contributed by atoms with E-state index in [0.717, 1.165) is 5.76 Å². The lowest BCUT2D eigenvalue weighted by Gasteiger charge is -2.16. The van der Waals surface area contributed by atoms with Crippen molar-refractivity contribution in [2.45, 2.75) is 5.75 Å². The topological polar surface area (TPSA) is 65.7 Å². The first-order chi connectivity index (χ1) is 9.17. The van der Waals surface area contributed by atoms with Crippen LogP contribution in [0.3, 0.4) is 0 Å². The normalized spacial score (nSPS) is 15.6. The minimum atomic E-state index is -0.374. The van der Waals surface area contributed by atoms with Crippen LogP contribution in [0, 0.1) is 0 Å². The fourth-order valence-electron chi connectivity index (χ4n) is 1.61. The highest BCUT2D eigenvalue weighted by Gasteiger charge is 2.31. The Balaban J connectivity index is 2.15. The zero-order chi connectivity index (χ0) is 13.8. The second kappa shape index (κ2) is 5.79. The maximum Gasteiger partial charge on any atom is 0.238 e. The number of furan rings is 1. The van der Waals surface area contributed by atoms with Gasteiger partial charge < -0.3 is 13.9 Å². The third kappa shape index (κ3) is 2.73. The Bertz CT molecular complexity index is 554. The molecule has 1 aromatic heterocycles. The zero-order valence-corrected chi connectivity index (χ0v) is 11.3. The predicted octanol–water partition coefficient (Wildman–Crippen LogP) is 2.05. The number of hydrogen-bond donors (Lipinski definition) is 0. The number of ketones is 2. The highest BCUT2D eigenvalue weighted by atomic mass is 32.2. The molecule has 2 rings (SSSR count). The molecule has 6 heteroatoms. The highest BCUT2D eigenvalue weighted by molar-refractivity contribution is 8.03. The fraction of sp³-hybridized carbons (Fsp3) is 0.231. The lowest BCUT2D eigenvalue weighted by atomic mass is 10.1. The van der Waals surface area contributed by atoms with E-state index in [2.05, 4.69) is 0 Å². The number of ether oxygens (including phenoxy) is 2. The van der Waals surface area contributed by atoms with Gasteiger partial charge in [-0.05, 0) is 12.1 Å². The van der Waals surface area contributed by atoms with Crippen molar-refractivity contribution >= 4 is 23.3 Å². The summed E-state index contributed by atoms with van der Waals surface area (Å²) in [5.74, 6) is 0.354. The van der Waals surface area contributed by atoms with Crippen molar-refractivity contribution in [1.82, 2.24) is 0 Å². The first kappa shape index (κ1) is 13.5. The molecule has 1 aliphatic carbocycles. The molecule has 19 heavy (non-hydrogen) atoms. The zero-order valence-electron chi connectivity index (χ0n) is 10.5. The van der Waals surface area contributed by atoms with Crippen LogP contribution in [0.15, 0.2) is 45.3 Å². The Hall–Kier alpha value is -1.95. The van der Waals surface area contributed by atoms with Gasteiger partial charge in [0.25, 0.3) is 0 Å². The largest absolute Gasteiger partial charge is 0.490 e. The molecule has 0 saturated carbocycles. The average Bonchev–Trinajstić information content (AvgIpc) is 2.92. The standard InChI is InChI=1S/C13H12O5S/c1-16-12-9(14)6-10(11(15)13(12)17-2)19-7-8-4-3-5-18-8/h3-6H,7H2,1-2H3. The number of Topliss-reactive ketones (excluding diaryl/α,β-unsaturated/α-hetero) is 1. The Morgan fingerprint density at radius 3 is 2.53 bits per heavy atom. The molecule has 1 heterocycles. The summed E-state index contributed by atoms with van der Waals surface area (Å²) in [5.41, 5.74) is 0. The number of rotatable bonds is 5. The Morgan fingerprint density at radius 2 is 1.95 bits per heavy atom. The van der Waals surface area contributed by atoms with Crippen LogP contribution >= 0.6 is 11.8 Å². The van der Waals surface area contributed by atoms with Gasteiger partial charge in [-0.1, -0.05) is 0 Å². The summed E-state index contributed by atoms with van der Waals surface area (Å²) in [6, 6.07) is 3.57. The smallest absolute Gasteiger partial charge is 0.238 e. The molecule has 1 aromatic rings. The van der Waals surface area contributed by atoms with E-state index in [1.54, 1.807) is 18.4 Å². The van der Waals surface area contributed by atoms with E-state index in [9.17, 15) is 9.59 Å². The maximum atomic E-state index is 12.1. The third-order valence-corrected chi connectivity index (χ3v) is 3.52. The fourth-order valence-corrected chi connectivity index (χ4v) is 2.48. The van der Waals surface area contributed by atoms with Crippen molar-refractivity contribution in [2.75, 3.05) is 14.2 Å². The summed E-state index contributed by atoms with van der Waals surface area (Å²) in [6.07, 6.45) is 2.82. The number of hydrogen-bond acceptors (Lipinski definition) is 6. The van der Waals surface area contributed by atoms with E-state index in [1.165, 1.54) is 32.1 Å². The van der Waals surface area contributed by atoms with Gasteiger partial charge in [0.2, 0.25) is 23.1 Å². The van der Waals surface area contributed by atoms with Crippen LogP contribution in [0.1, 0.15) is 5.76 Å². The second-order valence-electron chi connectivity index (χ2n) is 3.64. The average molecular weight is 280 g/mol. The van der Waals surface area contributed by atoms with E-state index >= 15 is 0 Å². The molecular weight excluding hydrogens is 268 g/mol. The molecule has 0 radical (unpaired) electrons. The summed E-state index contributed by atoms with van der Waals surface area (Å²) in [7, 11) is 2.66. The van der Waals surface area contributed by atoms with Crippen LogP contribution in [-0.2, 0) is 24.8 Å². The van der Waals surface area contributed by atoms with E-state index in [1.807, 2.05) is 0 Å². The molecular formula is C13H12O5S. The van der Waals surface area contributed by atoms with Gasteiger partial charge in [0, 0.05) is 6.08 Å². The lowest BCUT2D eigenvalue weighted by molar-refractivity contribution is -0.119. The monoisotopic (exact) mass is 280 g/mol. The highest BCUT2D eigenvalue weighted by Crippen LogP contribution is 2.30. The number of thioether (sulfide) groups is 1. The van der Waals surface area contributed by atoms with Gasteiger partial charge >= 0.3 is 0 Å². The van der Waals surface area contributed by atoms with Gasteiger partial charge in [0.15, 0.2) is 0 Å². The SMILES string of the molecule is COC1=C(OC)C(=O)C(SCc2ccco2)=CC1=O. The van der Waals surface area contributed by atoms with Crippen molar-refractivity contribution < 1.29 is 23.5 Å². The first-order valence-corrected chi connectivity index (χ1v) is 6.44. The molecule has 1 aliphatic rings. The Kier molecular flexibility index (Phi) is 4.11. The van der Waals surface area contributed by atoms with Gasteiger partial charge in [-0.2, -0.15) is 0 Å². The van der Waals surface area contributed by atoms with E-state index in [-0.39, 0.29) is 23.1 Å². The molecule has 0 spiro atoms. The van der Waals surface area contributed by atoms with Crippen LogP contribution in [0.4, 0.5) is 0 Å². The number of methoxy groups -OCH3 is 2. The Morgan fingerprint density at radius 1 is 1.21 bits per heavy atom. The molecule has 5 nitrogen and oxygen atoms in total. The lowest BCUT2D eigenvalue weighted by Crippen LogP contribution is -2.20. The summed E-state index contributed by atoms with van der Waals surface area (Å²) >= 11 is 1.23. The summed E-state index contributed by atoms with van der Waals surface area (Å²) in [6.45, 7) is 0. The van der Waals surface area contributed by atoms with Crippen LogP contribution in [0.2, 0.25) is 0 Å². The van der Waals surface area contributed by atoms with E-state index in [4.69, 9.17) is 13.9 Å². The van der Waals surface area contributed by atoms with Crippen molar-refractivity contribution in [3.63, 3.8) is 0 Å². The summed E-state index contributed by atoms with van der Waals surface area (Å²) < 4.78 is 15.0. The van der Waals surface area contributed by atoms with E-state index < -0.39 is 0 Å². The quantitative estimate of drug-likeness (QED) is 0.769. The van der Waals surface area contributed by atoms with Crippen LogP contribution in [0.5, 0.6) is 0 Å². The molecule has 0 atom stereocenters. The molecule has 0 aliphatic heterocycles. The number of carbonyl (C=O) groups excluding carboxylic acids is 2. The summed E-state index contributed by atoms with van der Waals surface area (Å²) in [5, 5.41) is 0. The van der Waals surface area contributed by atoms with Crippen molar-refractivity contribution in [2.24, 2.45) is 0 Å². The Labute approximate surface area is 114 Å². The van der Waals surface area contributed by atoms with E-state index in [0.29, 0.717) is 10.7 Å². The molecule has 0 amide bonds. The first-order valence-electron chi connectivity index (χ1n) is 5.45. The van der Waals surface area contributed by atoms with Crippen LogP contribution in [0.25, 0.3) is 0 Å². The van der Waals surface area contributed by atoms with Gasteiger partial charge in [0.05, 0.1) is 31.1 Å². The minimum Gasteiger partial charge on any atom is -0.490 e. The van der Waals surface area contributed by atoms with Gasteiger partial charge in [-0.3, -0.25) is 9.59 Å². The number of allylic oxidation sites excluding steroid dienone is 2. The van der Waals surface area contributed by atoms with Crippen LogP contribution in [-0.4, -0.2) is 25.8 Å². The molecule has 0 fully saturated rings. The minimum absolute atomic E-state index is 0.0584. The molecule has 100 valence electrons. The van der Waals surface area contributed by atoms with Gasteiger partial charge in [-0.25, -0.2) is 0 Å². The molecule has 0 saturated heterocycles. The predicted molar refractivity (Wildman–Crippen MR) is 69.1 cm³/mol. The molecule has 0 bridgehead atoms. The van der Waals surface area contributed by atoms with Crippen LogP contribution < -0.4 is 0 Å². The van der Waals surface area contributed by atoms with Gasteiger partial charge in [-0.15, -0.1) is 11.8 Å². The molecule has 0 unspecified atom stereocenters. The maximum absolute atomic E-state index is 12.1. The summed E-state index contributed by atoms with van der Waals surface area (Å²) in [4.78, 5) is 24.2. The van der Waals surface area contributed by atoms with Crippen molar-refractivity contribution in [3.8, 4) is 0 Å². The van der Waals surface area contributed by atoms with Crippen molar-refractivity contribution in [1.29, 1.82) is 0 Å². The number of carbonyl (C=O) groups is 2. The van der Waals surface area contributed by atoms with Crippen molar-refractivity contribution in [3.05, 3.63) is 46.7 Å². The van der Waals surface area contributed by atoms with Gasteiger partial charge in [0.1, 0.15) is 5.76 Å². The second-order valence-corrected chi connectivity index (χ2v) is 4.65. The molecule has 0 aromatic carbocycles.